The molecule has 0 atom stereocenters. The normalized spacial score (nSPS) is 16.3. The van der Waals surface area contributed by atoms with Crippen LogP contribution in [0, 0.1) is 5.92 Å². The van der Waals surface area contributed by atoms with Gasteiger partial charge in [-0.25, -0.2) is 4.79 Å². The third kappa shape index (κ3) is 7.01. The molecule has 0 saturated carbocycles. The highest BCUT2D eigenvalue weighted by atomic mass is 19.4. The molecule has 0 aromatic heterocycles. The number of halogens is 3. The van der Waals surface area contributed by atoms with Gasteiger partial charge in [0.05, 0.1) is 11.1 Å². The fraction of sp³-hybridized carbons (Fsp3) is 0.464. The minimum Gasteiger partial charge on any atom is -0.367 e. The number of piperazine rings is 1. The molecular weight excluding hydrogens is 511 g/mol. The van der Waals surface area contributed by atoms with E-state index in [1.165, 1.54) is 12.1 Å². The van der Waals surface area contributed by atoms with Crippen molar-refractivity contribution < 1.29 is 27.6 Å². The van der Waals surface area contributed by atoms with E-state index in [0.717, 1.165) is 37.1 Å². The first-order chi connectivity index (χ1) is 18.5. The van der Waals surface area contributed by atoms with E-state index in [1.54, 1.807) is 30.9 Å². The van der Waals surface area contributed by atoms with Gasteiger partial charge in [0, 0.05) is 62.2 Å². The van der Waals surface area contributed by atoms with Crippen LogP contribution in [-0.2, 0) is 11.0 Å². The van der Waals surface area contributed by atoms with Crippen LogP contribution in [0.1, 0.15) is 49.0 Å². The van der Waals surface area contributed by atoms with Gasteiger partial charge in [-0.2, -0.15) is 13.2 Å². The molecular formula is C28H34F3N5O3. The van der Waals surface area contributed by atoms with Gasteiger partial charge >= 0.3 is 12.2 Å². The molecule has 2 aromatic rings. The molecule has 2 aliphatic heterocycles. The number of benzene rings is 2. The molecule has 39 heavy (non-hydrogen) atoms. The van der Waals surface area contributed by atoms with E-state index in [0.29, 0.717) is 50.5 Å². The van der Waals surface area contributed by atoms with Gasteiger partial charge in [-0.15, -0.1) is 0 Å². The Morgan fingerprint density at radius 1 is 0.795 bits per heavy atom. The number of nitrogens with one attached hydrogen (secondary N) is 2. The number of urea groups is 1. The SMILES string of the molecule is CC(C)C(=O)Nc1ccc(N2CCN(C(=O)Nc3cccc(C(F)(F)F)c3)CC2)c(C(=O)N2CCCCC2)c1. The van der Waals surface area contributed by atoms with Crippen LogP contribution in [0.15, 0.2) is 42.5 Å². The van der Waals surface area contributed by atoms with E-state index >= 15 is 0 Å². The lowest BCUT2D eigenvalue weighted by Gasteiger charge is -2.37. The Morgan fingerprint density at radius 2 is 1.46 bits per heavy atom. The van der Waals surface area contributed by atoms with Gasteiger partial charge in [0.1, 0.15) is 0 Å². The van der Waals surface area contributed by atoms with Gasteiger partial charge in [-0.05, 0) is 55.7 Å². The van der Waals surface area contributed by atoms with Crippen LogP contribution in [0.25, 0.3) is 0 Å². The summed E-state index contributed by atoms with van der Waals surface area (Å²) in [6.07, 6.45) is -1.51. The maximum absolute atomic E-state index is 13.5. The van der Waals surface area contributed by atoms with Crippen molar-refractivity contribution in [3.05, 3.63) is 53.6 Å². The summed E-state index contributed by atoms with van der Waals surface area (Å²) < 4.78 is 39.1. The lowest BCUT2D eigenvalue weighted by molar-refractivity contribution is -0.137. The van der Waals surface area contributed by atoms with Gasteiger partial charge in [-0.3, -0.25) is 9.59 Å². The molecule has 2 saturated heterocycles. The Bertz CT molecular complexity index is 1200. The summed E-state index contributed by atoms with van der Waals surface area (Å²) in [6, 6.07) is 9.38. The van der Waals surface area contributed by atoms with E-state index in [1.807, 2.05) is 15.9 Å². The van der Waals surface area contributed by atoms with E-state index in [4.69, 9.17) is 0 Å². The number of carbonyl (C=O) groups excluding carboxylic acids is 3. The summed E-state index contributed by atoms with van der Waals surface area (Å²) in [6.45, 7) is 6.50. The fourth-order valence-corrected chi connectivity index (χ4v) is 4.74. The van der Waals surface area contributed by atoms with Gasteiger partial charge in [0.2, 0.25) is 5.91 Å². The highest BCUT2D eigenvalue weighted by molar-refractivity contribution is 6.02. The van der Waals surface area contributed by atoms with Gasteiger partial charge in [0.25, 0.3) is 5.91 Å². The Kier molecular flexibility index (Phi) is 8.66. The van der Waals surface area contributed by atoms with Crippen molar-refractivity contribution in [3.8, 4) is 0 Å². The van der Waals surface area contributed by atoms with E-state index in [-0.39, 0.29) is 23.4 Å². The van der Waals surface area contributed by atoms with E-state index in [2.05, 4.69) is 10.6 Å². The van der Waals surface area contributed by atoms with Gasteiger partial charge in [-0.1, -0.05) is 19.9 Å². The van der Waals surface area contributed by atoms with Crippen molar-refractivity contribution in [3.63, 3.8) is 0 Å². The molecule has 0 unspecified atom stereocenters. The van der Waals surface area contributed by atoms with Crippen molar-refractivity contribution >= 4 is 34.9 Å². The number of piperidine rings is 1. The number of anilines is 3. The van der Waals surface area contributed by atoms with E-state index < -0.39 is 17.8 Å². The van der Waals surface area contributed by atoms with Crippen molar-refractivity contribution in [1.29, 1.82) is 0 Å². The molecule has 2 aromatic carbocycles. The van der Waals surface area contributed by atoms with Crippen LogP contribution < -0.4 is 15.5 Å². The number of amides is 4. The third-order valence-electron chi connectivity index (χ3n) is 7.01. The Labute approximate surface area is 226 Å². The first-order valence-corrected chi connectivity index (χ1v) is 13.3. The summed E-state index contributed by atoms with van der Waals surface area (Å²) in [4.78, 5) is 44.0. The second kappa shape index (κ2) is 12.0. The standard InChI is InChI=1S/C28H34F3N5O3/c1-19(2)25(37)32-22-9-10-24(23(18-22)26(38)35-11-4-3-5-12-35)34-13-15-36(16-14-34)27(39)33-21-8-6-7-20(17-21)28(29,30)31/h6-10,17-19H,3-5,11-16H2,1-2H3,(H,32,37)(H,33,39). The van der Waals surface area contributed by atoms with Gasteiger partial charge < -0.3 is 25.3 Å². The zero-order valence-corrected chi connectivity index (χ0v) is 22.2. The molecule has 4 amide bonds. The number of likely N-dealkylation sites (tertiary alicyclic amines) is 1. The van der Waals surface area contributed by atoms with Crippen molar-refractivity contribution in [2.24, 2.45) is 5.92 Å². The van der Waals surface area contributed by atoms with Crippen LogP contribution in [0.4, 0.5) is 35.0 Å². The highest BCUT2D eigenvalue weighted by Crippen LogP contribution is 2.31. The number of alkyl halides is 3. The minimum absolute atomic E-state index is 0.0747. The average Bonchev–Trinajstić information content (AvgIpc) is 2.93. The number of nitrogens with zero attached hydrogens (tertiary/aromatic N) is 3. The Hall–Kier alpha value is -3.76. The van der Waals surface area contributed by atoms with Crippen molar-refractivity contribution in [2.45, 2.75) is 39.3 Å². The third-order valence-corrected chi connectivity index (χ3v) is 7.01. The largest absolute Gasteiger partial charge is 0.416 e. The zero-order valence-electron chi connectivity index (χ0n) is 22.2. The maximum atomic E-state index is 13.5. The topological polar surface area (TPSA) is 85.0 Å². The molecule has 2 heterocycles. The van der Waals surface area contributed by atoms with Crippen LogP contribution >= 0.6 is 0 Å². The molecule has 11 heteroatoms. The molecule has 2 fully saturated rings. The molecule has 2 aliphatic rings. The molecule has 4 rings (SSSR count). The fourth-order valence-electron chi connectivity index (χ4n) is 4.74. The molecule has 0 aliphatic carbocycles. The molecule has 0 bridgehead atoms. The Balaban J connectivity index is 1.47. The van der Waals surface area contributed by atoms with Gasteiger partial charge in [0.15, 0.2) is 0 Å². The monoisotopic (exact) mass is 545 g/mol. The number of carbonyl (C=O) groups is 3. The quantitative estimate of drug-likeness (QED) is 0.536. The summed E-state index contributed by atoms with van der Waals surface area (Å²) in [5.41, 5.74) is 1.03. The molecule has 0 radical (unpaired) electrons. The van der Waals surface area contributed by atoms with Crippen LogP contribution in [0.3, 0.4) is 0 Å². The summed E-state index contributed by atoms with van der Waals surface area (Å²) >= 11 is 0. The predicted octanol–water partition coefficient (Wildman–Crippen LogP) is 5.28. The smallest absolute Gasteiger partial charge is 0.367 e. The average molecular weight is 546 g/mol. The van der Waals surface area contributed by atoms with Crippen LogP contribution in [0.5, 0.6) is 0 Å². The maximum Gasteiger partial charge on any atom is 0.416 e. The molecule has 210 valence electrons. The zero-order chi connectivity index (χ0) is 28.2. The Morgan fingerprint density at radius 3 is 2.10 bits per heavy atom. The first kappa shape index (κ1) is 28.3. The second-order valence-electron chi connectivity index (χ2n) is 10.2. The number of hydrogen-bond donors (Lipinski definition) is 2. The molecule has 0 spiro atoms. The van der Waals surface area contributed by atoms with Crippen molar-refractivity contribution in [1.82, 2.24) is 9.80 Å². The van der Waals surface area contributed by atoms with E-state index in [9.17, 15) is 27.6 Å². The second-order valence-corrected chi connectivity index (χ2v) is 10.2. The summed E-state index contributed by atoms with van der Waals surface area (Å²) in [7, 11) is 0. The van der Waals surface area contributed by atoms with Crippen LogP contribution in [-0.4, -0.2) is 66.9 Å². The predicted molar refractivity (Wildman–Crippen MR) is 144 cm³/mol. The molecule has 8 nitrogen and oxygen atoms in total. The highest BCUT2D eigenvalue weighted by Gasteiger charge is 2.31. The number of hydrogen-bond acceptors (Lipinski definition) is 4. The summed E-state index contributed by atoms with van der Waals surface area (Å²) in [5.74, 6) is -0.435. The molecule has 2 N–H and O–H groups in total. The number of rotatable bonds is 5. The lowest BCUT2D eigenvalue weighted by atomic mass is 10.0. The van der Waals surface area contributed by atoms with Crippen molar-refractivity contribution in [2.75, 3.05) is 54.8 Å². The van der Waals surface area contributed by atoms with Crippen LogP contribution in [0.2, 0.25) is 0 Å². The minimum atomic E-state index is -4.50. The first-order valence-electron chi connectivity index (χ1n) is 13.3. The summed E-state index contributed by atoms with van der Waals surface area (Å²) in [5, 5.41) is 5.42. The lowest BCUT2D eigenvalue weighted by Crippen LogP contribution is -2.50.